The fourth-order valence-electron chi connectivity index (χ4n) is 4.32. The van der Waals surface area contributed by atoms with Gasteiger partial charge in [0.25, 0.3) is 5.91 Å². The van der Waals surface area contributed by atoms with E-state index in [1.165, 1.54) is 29.0 Å². The van der Waals surface area contributed by atoms with Gasteiger partial charge in [0.15, 0.2) is 0 Å². The number of benzene rings is 2. The Morgan fingerprint density at radius 2 is 1.94 bits per heavy atom. The van der Waals surface area contributed by atoms with Gasteiger partial charge in [0.2, 0.25) is 0 Å². The monoisotopic (exact) mass is 531 g/mol. The lowest BCUT2D eigenvalue weighted by Crippen LogP contribution is -2.11. The fourth-order valence-corrected chi connectivity index (χ4v) is 5.84. The van der Waals surface area contributed by atoms with E-state index in [9.17, 15) is 18.0 Å². The predicted octanol–water partition coefficient (Wildman–Crippen LogP) is 7.58. The molecule has 1 saturated carbocycles. The number of thioether (sulfide) groups is 1. The van der Waals surface area contributed by atoms with Crippen LogP contribution in [0.4, 0.5) is 13.2 Å². The van der Waals surface area contributed by atoms with E-state index < -0.39 is 11.7 Å². The van der Waals surface area contributed by atoms with Gasteiger partial charge >= 0.3 is 6.18 Å². The molecule has 4 aromatic rings. The number of carbonyl (C=O) groups excluding carboxylic acids is 1. The summed E-state index contributed by atoms with van der Waals surface area (Å²) in [5, 5.41) is 0.963. The number of amides is 1. The van der Waals surface area contributed by atoms with Crippen LogP contribution in [0.15, 0.2) is 54.9 Å². The zero-order valence-corrected chi connectivity index (χ0v) is 21.9. The van der Waals surface area contributed by atoms with Crippen LogP contribution in [-0.4, -0.2) is 21.7 Å². The molecule has 0 aliphatic heterocycles. The maximum Gasteiger partial charge on any atom is 0.416 e. The van der Waals surface area contributed by atoms with Crippen LogP contribution >= 0.6 is 23.1 Å². The van der Waals surface area contributed by atoms with Crippen molar-refractivity contribution in [1.29, 1.82) is 0 Å². The molecule has 1 unspecified atom stereocenters. The molecular formula is C27H28F3N3OS2. The zero-order valence-electron chi connectivity index (χ0n) is 20.3. The molecule has 1 fully saturated rings. The number of nitrogens with two attached hydrogens (primary N) is 1. The number of hydrogen-bond acceptors (Lipinski definition) is 4. The molecule has 4 nitrogen and oxygen atoms in total. The number of imidazole rings is 1. The Hall–Kier alpha value is -2.78. The minimum absolute atomic E-state index is 0.0304. The maximum absolute atomic E-state index is 12.7. The molecule has 36 heavy (non-hydrogen) atoms. The van der Waals surface area contributed by atoms with Crippen LogP contribution in [0.5, 0.6) is 0 Å². The number of aryl methyl sites for hydroxylation is 1. The lowest BCUT2D eigenvalue weighted by atomic mass is 9.92. The number of hydrogen-bond donors (Lipinski definition) is 1. The molecule has 2 heterocycles. The number of alkyl halides is 3. The van der Waals surface area contributed by atoms with Gasteiger partial charge in [-0.3, -0.25) is 9.36 Å². The normalized spacial score (nSPS) is 14.4. The molecule has 190 valence electrons. The van der Waals surface area contributed by atoms with Crippen LogP contribution in [0.2, 0.25) is 0 Å². The topological polar surface area (TPSA) is 60.9 Å². The molecular weight excluding hydrogens is 503 g/mol. The van der Waals surface area contributed by atoms with Crippen molar-refractivity contribution in [1.82, 2.24) is 9.55 Å². The first-order chi connectivity index (χ1) is 17.1. The third kappa shape index (κ3) is 5.78. The van der Waals surface area contributed by atoms with Gasteiger partial charge in [0.1, 0.15) is 11.3 Å². The third-order valence-corrected chi connectivity index (χ3v) is 8.25. The van der Waals surface area contributed by atoms with E-state index in [0.717, 1.165) is 40.2 Å². The van der Waals surface area contributed by atoms with Gasteiger partial charge in [-0.05, 0) is 78.8 Å². The van der Waals surface area contributed by atoms with Crippen LogP contribution < -0.4 is 5.73 Å². The Morgan fingerprint density at radius 3 is 2.56 bits per heavy atom. The highest BCUT2D eigenvalue weighted by Gasteiger charge is 2.37. The minimum atomic E-state index is -4.22. The van der Waals surface area contributed by atoms with Gasteiger partial charge in [0, 0.05) is 5.75 Å². The molecule has 2 N–H and O–H groups in total. The minimum Gasteiger partial charge on any atom is -0.365 e. The van der Waals surface area contributed by atoms with Crippen molar-refractivity contribution in [2.24, 2.45) is 11.7 Å². The zero-order chi connectivity index (χ0) is 26.0. The lowest BCUT2D eigenvalue weighted by Gasteiger charge is -2.17. The van der Waals surface area contributed by atoms with Crippen molar-refractivity contribution < 1.29 is 18.0 Å². The van der Waals surface area contributed by atoms with Gasteiger partial charge < -0.3 is 5.73 Å². The number of thiophene rings is 1. The Labute approximate surface area is 216 Å². The summed E-state index contributed by atoms with van der Waals surface area (Å²) < 4.78 is 40.1. The maximum atomic E-state index is 12.7. The molecule has 0 bridgehead atoms. The first kappa shape index (κ1) is 26.3. The SMILES string of the molecule is CC(c1ccccc1C(F)(F)F)C1CC1.CSCc1ccc2ncn(-c3cc(C)c(C(N)=O)s3)c2c1. The van der Waals surface area contributed by atoms with Crippen molar-refractivity contribution >= 4 is 40.0 Å². The number of aromatic nitrogens is 2. The van der Waals surface area contributed by atoms with Crippen LogP contribution in [0, 0.1) is 12.8 Å². The fraction of sp³-hybridized carbons (Fsp3) is 0.333. The van der Waals surface area contributed by atoms with Crippen LogP contribution in [0.1, 0.15) is 57.6 Å². The summed E-state index contributed by atoms with van der Waals surface area (Å²) in [7, 11) is 0. The van der Waals surface area contributed by atoms with E-state index in [-0.39, 0.29) is 11.8 Å². The largest absolute Gasteiger partial charge is 0.416 e. The smallest absolute Gasteiger partial charge is 0.365 e. The van der Waals surface area contributed by atoms with E-state index in [0.29, 0.717) is 16.4 Å². The Kier molecular flexibility index (Phi) is 7.80. The second kappa shape index (κ2) is 10.7. The molecule has 1 amide bonds. The summed E-state index contributed by atoms with van der Waals surface area (Å²) in [4.78, 5) is 16.4. The van der Waals surface area contributed by atoms with Gasteiger partial charge in [-0.15, -0.1) is 11.3 Å². The molecule has 1 aliphatic rings. The van der Waals surface area contributed by atoms with Crippen molar-refractivity contribution in [3.63, 3.8) is 0 Å². The molecule has 2 aromatic carbocycles. The first-order valence-corrected chi connectivity index (χ1v) is 13.8. The summed E-state index contributed by atoms with van der Waals surface area (Å²) >= 11 is 3.19. The van der Waals surface area contributed by atoms with E-state index in [4.69, 9.17) is 5.73 Å². The van der Waals surface area contributed by atoms with Crippen molar-refractivity contribution in [3.8, 4) is 5.00 Å². The van der Waals surface area contributed by atoms with Crippen LogP contribution in [0.3, 0.4) is 0 Å². The Morgan fingerprint density at radius 1 is 1.22 bits per heavy atom. The van der Waals surface area contributed by atoms with E-state index in [1.54, 1.807) is 30.2 Å². The number of fused-ring (bicyclic) bond motifs is 1. The highest BCUT2D eigenvalue weighted by Crippen LogP contribution is 2.45. The van der Waals surface area contributed by atoms with Crippen LogP contribution in [-0.2, 0) is 11.9 Å². The number of carbonyl (C=O) groups is 1. The quantitative estimate of drug-likeness (QED) is 0.279. The average Bonchev–Trinajstić information content (AvgIpc) is 3.49. The summed E-state index contributed by atoms with van der Waals surface area (Å²) in [5.41, 5.74) is 9.56. The van der Waals surface area contributed by atoms with E-state index in [1.807, 2.05) is 30.5 Å². The number of primary amides is 1. The Balaban J connectivity index is 0.000000179. The lowest BCUT2D eigenvalue weighted by molar-refractivity contribution is -0.138. The molecule has 0 radical (unpaired) electrons. The van der Waals surface area contributed by atoms with Gasteiger partial charge in [-0.2, -0.15) is 24.9 Å². The average molecular weight is 532 g/mol. The Bertz CT molecular complexity index is 1370. The second-order valence-electron chi connectivity index (χ2n) is 9.04. The van der Waals surface area contributed by atoms with Crippen molar-refractivity contribution in [2.75, 3.05) is 6.26 Å². The molecule has 0 saturated heterocycles. The second-order valence-corrected chi connectivity index (χ2v) is 10.9. The molecule has 0 spiro atoms. The van der Waals surface area contributed by atoms with Gasteiger partial charge in [-0.1, -0.05) is 31.2 Å². The molecule has 1 aliphatic carbocycles. The summed E-state index contributed by atoms with van der Waals surface area (Å²) in [5.74, 6) is 1.07. The predicted molar refractivity (Wildman–Crippen MR) is 142 cm³/mol. The summed E-state index contributed by atoms with van der Waals surface area (Å²) in [6, 6.07) is 14.2. The van der Waals surface area contributed by atoms with E-state index >= 15 is 0 Å². The summed E-state index contributed by atoms with van der Waals surface area (Å²) in [6.45, 7) is 3.79. The first-order valence-electron chi connectivity index (χ1n) is 11.6. The molecule has 9 heteroatoms. The molecule has 2 aromatic heterocycles. The van der Waals surface area contributed by atoms with Gasteiger partial charge in [0.05, 0.1) is 21.5 Å². The summed E-state index contributed by atoms with van der Waals surface area (Å²) in [6.07, 6.45) is 1.79. The molecule has 5 rings (SSSR count). The highest BCUT2D eigenvalue weighted by atomic mass is 32.2. The van der Waals surface area contributed by atoms with Crippen LogP contribution in [0.25, 0.3) is 16.0 Å². The highest BCUT2D eigenvalue weighted by molar-refractivity contribution is 7.97. The van der Waals surface area contributed by atoms with Crippen molar-refractivity contribution in [2.45, 2.75) is 44.5 Å². The molecule has 1 atom stereocenters. The third-order valence-electron chi connectivity index (χ3n) is 6.37. The number of halogens is 3. The van der Waals surface area contributed by atoms with Crippen molar-refractivity contribution in [3.05, 3.63) is 82.0 Å². The number of nitrogens with zero attached hydrogens (tertiary/aromatic N) is 2. The van der Waals surface area contributed by atoms with Gasteiger partial charge in [-0.25, -0.2) is 4.98 Å². The standard InChI is InChI=1S/C15H15N3OS2.C12H13F3/c1-9-5-13(21-14(9)15(16)19)18-8-17-11-4-3-10(7-20-2)6-12(11)18;1-8(9-6-7-9)10-4-2-3-5-11(10)12(13,14)15/h3-6,8H,7H2,1-2H3,(H2,16,19);2-5,8-9H,6-7H2,1H3. The number of rotatable bonds is 6. The van der Waals surface area contributed by atoms with E-state index in [2.05, 4.69) is 23.4 Å².